The number of para-hydroxylation sites is 1. The van der Waals surface area contributed by atoms with Gasteiger partial charge < -0.3 is 10.1 Å². The zero-order chi connectivity index (χ0) is 16.4. The molecule has 23 heavy (non-hydrogen) atoms. The lowest BCUT2D eigenvalue weighted by Gasteiger charge is -2.12. The molecule has 0 radical (unpaired) electrons. The number of hydrogen-bond acceptors (Lipinski definition) is 5. The van der Waals surface area contributed by atoms with E-state index in [1.54, 1.807) is 4.68 Å². The predicted octanol–water partition coefficient (Wildman–Crippen LogP) is 1.80. The van der Waals surface area contributed by atoms with Crippen LogP contribution >= 0.6 is 0 Å². The van der Waals surface area contributed by atoms with Gasteiger partial charge in [-0.3, -0.25) is 0 Å². The largest absolute Gasteiger partial charge is 0.439 e. The van der Waals surface area contributed by atoms with Gasteiger partial charge in [0.1, 0.15) is 5.75 Å². The normalized spacial score (nSPS) is 19.8. The summed E-state index contributed by atoms with van der Waals surface area (Å²) in [5.74, 6) is 1.91. The van der Waals surface area contributed by atoms with Crippen LogP contribution in [-0.4, -0.2) is 35.7 Å². The standard InChI is InChI=1S/C16H21N3O3S/c1-12-15(10-17-13-8-9-23(20,21)11-13)16(19(2)18-12)22-14-6-4-3-5-7-14/h3-7,13,17H,8-11H2,1-2H3. The summed E-state index contributed by atoms with van der Waals surface area (Å²) in [4.78, 5) is 0. The Balaban J connectivity index is 1.74. The fourth-order valence-electron chi connectivity index (χ4n) is 2.81. The third-order valence-corrected chi connectivity index (χ3v) is 5.81. The SMILES string of the molecule is Cc1nn(C)c(Oc2ccccc2)c1CNC1CCS(=O)(=O)C1. The minimum atomic E-state index is -2.88. The first-order valence-electron chi connectivity index (χ1n) is 7.64. The first kappa shape index (κ1) is 16.0. The van der Waals surface area contributed by atoms with Gasteiger partial charge in [-0.05, 0) is 25.5 Å². The summed E-state index contributed by atoms with van der Waals surface area (Å²) in [5, 5.41) is 7.74. The van der Waals surface area contributed by atoms with Crippen LogP contribution < -0.4 is 10.1 Å². The molecule has 1 atom stereocenters. The van der Waals surface area contributed by atoms with Gasteiger partial charge in [0.05, 0.1) is 22.8 Å². The Morgan fingerprint density at radius 2 is 2.09 bits per heavy atom. The van der Waals surface area contributed by atoms with Gasteiger partial charge in [-0.25, -0.2) is 13.1 Å². The minimum absolute atomic E-state index is 0.00387. The van der Waals surface area contributed by atoms with E-state index in [0.29, 0.717) is 18.8 Å². The molecule has 1 aliphatic heterocycles. The average Bonchev–Trinajstić information content (AvgIpc) is 2.98. The highest BCUT2D eigenvalue weighted by Crippen LogP contribution is 2.27. The van der Waals surface area contributed by atoms with Crippen molar-refractivity contribution in [2.75, 3.05) is 11.5 Å². The Labute approximate surface area is 136 Å². The van der Waals surface area contributed by atoms with E-state index < -0.39 is 9.84 Å². The second-order valence-electron chi connectivity index (χ2n) is 5.89. The van der Waals surface area contributed by atoms with Crippen molar-refractivity contribution in [3.05, 3.63) is 41.6 Å². The quantitative estimate of drug-likeness (QED) is 0.902. The van der Waals surface area contributed by atoms with Crippen LogP contribution in [0.3, 0.4) is 0 Å². The van der Waals surface area contributed by atoms with Crippen LogP contribution in [0.25, 0.3) is 0 Å². The van der Waals surface area contributed by atoms with Crippen LogP contribution in [0.15, 0.2) is 30.3 Å². The average molecular weight is 335 g/mol. The van der Waals surface area contributed by atoms with E-state index in [1.165, 1.54) is 0 Å². The van der Waals surface area contributed by atoms with Gasteiger partial charge in [0, 0.05) is 19.6 Å². The van der Waals surface area contributed by atoms with Gasteiger partial charge in [-0.15, -0.1) is 0 Å². The summed E-state index contributed by atoms with van der Waals surface area (Å²) >= 11 is 0. The van der Waals surface area contributed by atoms with Crippen molar-refractivity contribution >= 4 is 9.84 Å². The van der Waals surface area contributed by atoms with Crippen molar-refractivity contribution < 1.29 is 13.2 Å². The van der Waals surface area contributed by atoms with Crippen molar-refractivity contribution in [2.45, 2.75) is 25.9 Å². The number of aryl methyl sites for hydroxylation is 2. The molecule has 3 rings (SSSR count). The molecule has 2 heterocycles. The molecule has 1 unspecified atom stereocenters. The number of hydrogen-bond donors (Lipinski definition) is 1. The summed E-state index contributed by atoms with van der Waals surface area (Å²) in [7, 11) is -1.04. The number of rotatable bonds is 5. The van der Waals surface area contributed by atoms with Gasteiger partial charge in [-0.1, -0.05) is 18.2 Å². The fraction of sp³-hybridized carbons (Fsp3) is 0.438. The molecular formula is C16H21N3O3S. The maximum absolute atomic E-state index is 11.6. The number of benzene rings is 1. The zero-order valence-electron chi connectivity index (χ0n) is 13.3. The van der Waals surface area contributed by atoms with E-state index in [4.69, 9.17) is 4.74 Å². The molecule has 124 valence electrons. The van der Waals surface area contributed by atoms with Gasteiger partial charge in [-0.2, -0.15) is 5.10 Å². The molecule has 2 aromatic rings. The molecule has 1 N–H and O–H groups in total. The molecule has 0 amide bonds. The molecule has 6 nitrogen and oxygen atoms in total. The number of nitrogens with one attached hydrogen (secondary N) is 1. The molecule has 0 bridgehead atoms. The molecule has 0 saturated carbocycles. The van der Waals surface area contributed by atoms with Gasteiger partial charge in [0.25, 0.3) is 0 Å². The smallest absolute Gasteiger partial charge is 0.222 e. The van der Waals surface area contributed by atoms with E-state index in [2.05, 4.69) is 10.4 Å². The van der Waals surface area contributed by atoms with Crippen molar-refractivity contribution in [3.63, 3.8) is 0 Å². The Morgan fingerprint density at radius 1 is 1.35 bits per heavy atom. The molecular weight excluding hydrogens is 314 g/mol. The monoisotopic (exact) mass is 335 g/mol. The Kier molecular flexibility index (Phi) is 4.41. The fourth-order valence-corrected chi connectivity index (χ4v) is 4.52. The summed E-state index contributed by atoms with van der Waals surface area (Å²) in [6, 6.07) is 9.56. The highest BCUT2D eigenvalue weighted by atomic mass is 32.2. The van der Waals surface area contributed by atoms with E-state index >= 15 is 0 Å². The van der Waals surface area contributed by atoms with Crippen LogP contribution in [-0.2, 0) is 23.4 Å². The number of aromatic nitrogens is 2. The van der Waals surface area contributed by atoms with Crippen molar-refractivity contribution in [1.82, 2.24) is 15.1 Å². The Hall–Kier alpha value is -1.86. The van der Waals surface area contributed by atoms with Crippen LogP contribution in [0.2, 0.25) is 0 Å². The van der Waals surface area contributed by atoms with Crippen LogP contribution in [0.1, 0.15) is 17.7 Å². The van der Waals surface area contributed by atoms with Crippen molar-refractivity contribution in [2.24, 2.45) is 7.05 Å². The third-order valence-electron chi connectivity index (χ3n) is 4.05. The lowest BCUT2D eigenvalue weighted by molar-refractivity contribution is 0.421. The molecule has 1 fully saturated rings. The molecule has 1 aromatic heterocycles. The van der Waals surface area contributed by atoms with E-state index in [-0.39, 0.29) is 17.5 Å². The van der Waals surface area contributed by atoms with E-state index in [9.17, 15) is 8.42 Å². The molecule has 1 aliphatic rings. The zero-order valence-corrected chi connectivity index (χ0v) is 14.1. The maximum Gasteiger partial charge on any atom is 0.222 e. The summed E-state index contributed by atoms with van der Waals surface area (Å²) in [6.45, 7) is 2.47. The van der Waals surface area contributed by atoms with E-state index in [1.807, 2.05) is 44.3 Å². The van der Waals surface area contributed by atoms with E-state index in [0.717, 1.165) is 17.0 Å². The lowest BCUT2D eigenvalue weighted by atomic mass is 10.2. The summed E-state index contributed by atoms with van der Waals surface area (Å²) in [5.41, 5.74) is 1.84. The minimum Gasteiger partial charge on any atom is -0.439 e. The maximum atomic E-state index is 11.6. The summed E-state index contributed by atoms with van der Waals surface area (Å²) in [6.07, 6.45) is 0.663. The highest BCUT2D eigenvalue weighted by molar-refractivity contribution is 7.91. The van der Waals surface area contributed by atoms with Crippen molar-refractivity contribution in [3.8, 4) is 11.6 Å². The molecule has 0 aliphatic carbocycles. The molecule has 0 spiro atoms. The van der Waals surface area contributed by atoms with Gasteiger partial charge >= 0.3 is 0 Å². The number of sulfone groups is 1. The topological polar surface area (TPSA) is 73.2 Å². The lowest BCUT2D eigenvalue weighted by Crippen LogP contribution is -2.29. The number of nitrogens with zero attached hydrogens (tertiary/aromatic N) is 2. The van der Waals surface area contributed by atoms with Crippen LogP contribution in [0.4, 0.5) is 0 Å². The highest BCUT2D eigenvalue weighted by Gasteiger charge is 2.28. The van der Waals surface area contributed by atoms with Crippen LogP contribution in [0, 0.1) is 6.92 Å². The second-order valence-corrected chi connectivity index (χ2v) is 8.12. The number of ether oxygens (including phenoxy) is 1. The van der Waals surface area contributed by atoms with Gasteiger partial charge in [0.15, 0.2) is 9.84 Å². The van der Waals surface area contributed by atoms with Gasteiger partial charge in [0.2, 0.25) is 5.88 Å². The molecule has 1 saturated heterocycles. The second kappa shape index (κ2) is 6.33. The Bertz CT molecular complexity index is 784. The van der Waals surface area contributed by atoms with Crippen molar-refractivity contribution in [1.29, 1.82) is 0 Å². The molecule has 1 aromatic carbocycles. The first-order valence-corrected chi connectivity index (χ1v) is 9.46. The summed E-state index contributed by atoms with van der Waals surface area (Å²) < 4.78 is 30.8. The predicted molar refractivity (Wildman–Crippen MR) is 88.4 cm³/mol. The Morgan fingerprint density at radius 3 is 2.74 bits per heavy atom. The first-order chi connectivity index (χ1) is 10.9. The van der Waals surface area contributed by atoms with Crippen LogP contribution in [0.5, 0.6) is 11.6 Å². The molecule has 7 heteroatoms. The third kappa shape index (κ3) is 3.73.